The van der Waals surface area contributed by atoms with Crippen molar-refractivity contribution in [2.45, 2.75) is 25.6 Å². The second-order valence-electron chi connectivity index (χ2n) is 5.55. The number of piperazine rings is 1. The van der Waals surface area contributed by atoms with E-state index in [2.05, 4.69) is 28.5 Å². The molecular weight excluding hydrogens is 276 g/mol. The van der Waals surface area contributed by atoms with Gasteiger partial charge in [0, 0.05) is 38.3 Å². The van der Waals surface area contributed by atoms with E-state index in [4.69, 9.17) is 5.73 Å². The second kappa shape index (κ2) is 7.15. The van der Waals surface area contributed by atoms with Crippen LogP contribution in [-0.2, 0) is 0 Å². The Morgan fingerprint density at radius 3 is 2.48 bits per heavy atom. The fourth-order valence-corrected chi connectivity index (χ4v) is 2.95. The van der Waals surface area contributed by atoms with Crippen LogP contribution in [0.1, 0.15) is 18.5 Å². The zero-order chi connectivity index (χ0) is 15.4. The van der Waals surface area contributed by atoms with Crippen molar-refractivity contribution in [3.05, 3.63) is 29.8 Å². The van der Waals surface area contributed by atoms with Crippen LogP contribution in [-0.4, -0.2) is 55.7 Å². The molecule has 2 rings (SSSR count). The number of nitrogens with two attached hydrogens (primary N) is 1. The van der Waals surface area contributed by atoms with E-state index in [0.717, 1.165) is 25.2 Å². The molecule has 0 aromatic heterocycles. The van der Waals surface area contributed by atoms with Crippen LogP contribution in [0.25, 0.3) is 0 Å². The SMILES string of the molecule is CC1CN(C)CCN1C(CN)c1ccc(OC(F)F)cc1. The third-order valence-electron chi connectivity index (χ3n) is 4.00. The number of benzene rings is 1. The smallest absolute Gasteiger partial charge is 0.387 e. The van der Waals surface area contributed by atoms with Crippen LogP contribution in [0.4, 0.5) is 8.78 Å². The lowest BCUT2D eigenvalue weighted by atomic mass is 10.0. The minimum atomic E-state index is -2.79. The third-order valence-corrected chi connectivity index (χ3v) is 4.00. The van der Waals surface area contributed by atoms with Crippen LogP contribution in [0.3, 0.4) is 0 Å². The second-order valence-corrected chi connectivity index (χ2v) is 5.55. The summed E-state index contributed by atoms with van der Waals surface area (Å²) >= 11 is 0. The van der Waals surface area contributed by atoms with Crippen molar-refractivity contribution in [2.24, 2.45) is 5.73 Å². The number of alkyl halides is 2. The van der Waals surface area contributed by atoms with E-state index in [-0.39, 0.29) is 11.8 Å². The summed E-state index contributed by atoms with van der Waals surface area (Å²) in [5.74, 6) is 0.177. The molecule has 1 heterocycles. The number of hydrogen-bond donors (Lipinski definition) is 1. The first kappa shape index (κ1) is 16.1. The van der Waals surface area contributed by atoms with E-state index in [0.29, 0.717) is 12.6 Å². The molecule has 1 fully saturated rings. The fraction of sp³-hybridized carbons (Fsp3) is 0.600. The van der Waals surface area contributed by atoms with Crippen LogP contribution < -0.4 is 10.5 Å². The average molecular weight is 299 g/mol. The third kappa shape index (κ3) is 4.12. The first-order chi connectivity index (χ1) is 10.0. The van der Waals surface area contributed by atoms with Crippen molar-refractivity contribution in [2.75, 3.05) is 33.2 Å². The van der Waals surface area contributed by atoms with E-state index < -0.39 is 6.61 Å². The summed E-state index contributed by atoms with van der Waals surface area (Å²) in [5, 5.41) is 0. The van der Waals surface area contributed by atoms with E-state index >= 15 is 0 Å². The predicted octanol–water partition coefficient (Wildman–Crippen LogP) is 1.92. The minimum absolute atomic E-state index is 0.106. The molecular formula is C15H23F2N3O. The Morgan fingerprint density at radius 1 is 1.29 bits per heavy atom. The molecule has 2 unspecified atom stereocenters. The normalized spacial score (nSPS) is 22.5. The van der Waals surface area contributed by atoms with Crippen LogP contribution in [0, 0.1) is 0 Å². The molecule has 0 spiro atoms. The standard InChI is InChI=1S/C15H23F2N3O/c1-11-10-19(2)7-8-20(11)14(9-18)12-3-5-13(6-4-12)21-15(16)17/h3-6,11,14-15H,7-10,18H2,1-2H3. The highest BCUT2D eigenvalue weighted by Gasteiger charge is 2.28. The zero-order valence-corrected chi connectivity index (χ0v) is 12.5. The molecule has 4 nitrogen and oxygen atoms in total. The number of halogens is 2. The van der Waals surface area contributed by atoms with Gasteiger partial charge in [-0.25, -0.2) is 0 Å². The Labute approximate surface area is 124 Å². The number of nitrogens with zero attached hydrogens (tertiary/aromatic N) is 2. The quantitative estimate of drug-likeness (QED) is 0.902. The fourth-order valence-electron chi connectivity index (χ4n) is 2.95. The van der Waals surface area contributed by atoms with Crippen molar-refractivity contribution in [3.8, 4) is 5.75 Å². The molecule has 0 aliphatic carbocycles. The Kier molecular flexibility index (Phi) is 5.50. The zero-order valence-electron chi connectivity index (χ0n) is 12.5. The summed E-state index contributed by atoms with van der Waals surface area (Å²) in [6.45, 7) is 2.86. The molecule has 1 aromatic carbocycles. The average Bonchev–Trinajstić information content (AvgIpc) is 2.43. The van der Waals surface area contributed by atoms with Gasteiger partial charge in [-0.1, -0.05) is 12.1 Å². The molecule has 2 N–H and O–H groups in total. The Bertz CT molecular complexity index is 441. The first-order valence-electron chi connectivity index (χ1n) is 7.20. The van der Waals surface area contributed by atoms with Gasteiger partial charge in [-0.15, -0.1) is 0 Å². The Hall–Kier alpha value is -1.24. The summed E-state index contributed by atoms with van der Waals surface area (Å²) in [6, 6.07) is 7.31. The Morgan fingerprint density at radius 2 is 1.95 bits per heavy atom. The van der Waals surface area contributed by atoms with Gasteiger partial charge in [0.15, 0.2) is 0 Å². The maximum atomic E-state index is 12.2. The van der Waals surface area contributed by atoms with Crippen molar-refractivity contribution in [3.63, 3.8) is 0 Å². The molecule has 0 radical (unpaired) electrons. The summed E-state index contributed by atoms with van der Waals surface area (Å²) in [4.78, 5) is 4.68. The molecule has 6 heteroatoms. The van der Waals surface area contributed by atoms with Gasteiger partial charge in [0.25, 0.3) is 0 Å². The van der Waals surface area contributed by atoms with Gasteiger partial charge in [-0.2, -0.15) is 8.78 Å². The molecule has 2 atom stereocenters. The number of ether oxygens (including phenoxy) is 1. The van der Waals surface area contributed by atoms with Gasteiger partial charge >= 0.3 is 6.61 Å². The first-order valence-corrected chi connectivity index (χ1v) is 7.20. The minimum Gasteiger partial charge on any atom is -0.435 e. The molecule has 21 heavy (non-hydrogen) atoms. The monoisotopic (exact) mass is 299 g/mol. The maximum Gasteiger partial charge on any atom is 0.387 e. The number of rotatable bonds is 5. The van der Waals surface area contributed by atoms with Gasteiger partial charge in [0.1, 0.15) is 5.75 Å². The van der Waals surface area contributed by atoms with Crippen LogP contribution in [0.15, 0.2) is 24.3 Å². The van der Waals surface area contributed by atoms with Gasteiger partial charge in [-0.05, 0) is 31.7 Å². The molecule has 1 aliphatic rings. The van der Waals surface area contributed by atoms with E-state index in [1.807, 2.05) is 12.1 Å². The number of likely N-dealkylation sites (N-methyl/N-ethyl adjacent to an activating group) is 1. The van der Waals surface area contributed by atoms with Crippen molar-refractivity contribution >= 4 is 0 Å². The molecule has 1 aromatic rings. The van der Waals surface area contributed by atoms with Crippen LogP contribution in [0.2, 0.25) is 0 Å². The highest BCUT2D eigenvalue weighted by Crippen LogP contribution is 2.26. The van der Waals surface area contributed by atoms with E-state index in [9.17, 15) is 8.78 Å². The highest BCUT2D eigenvalue weighted by molar-refractivity contribution is 5.29. The van der Waals surface area contributed by atoms with Gasteiger partial charge < -0.3 is 15.4 Å². The molecule has 1 aliphatic heterocycles. The van der Waals surface area contributed by atoms with Gasteiger partial charge in [0.05, 0.1) is 0 Å². The summed E-state index contributed by atoms with van der Waals surface area (Å²) in [5.41, 5.74) is 6.98. The lowest BCUT2D eigenvalue weighted by Gasteiger charge is -2.42. The highest BCUT2D eigenvalue weighted by atomic mass is 19.3. The van der Waals surface area contributed by atoms with E-state index in [1.165, 1.54) is 0 Å². The summed E-state index contributed by atoms with van der Waals surface area (Å²) in [7, 11) is 2.11. The molecule has 1 saturated heterocycles. The molecule has 0 bridgehead atoms. The summed E-state index contributed by atoms with van der Waals surface area (Å²) < 4.78 is 28.7. The lowest BCUT2D eigenvalue weighted by molar-refractivity contribution is -0.0498. The molecule has 0 amide bonds. The van der Waals surface area contributed by atoms with Crippen molar-refractivity contribution < 1.29 is 13.5 Å². The van der Waals surface area contributed by atoms with Crippen molar-refractivity contribution in [1.29, 1.82) is 0 Å². The maximum absolute atomic E-state index is 12.2. The van der Waals surface area contributed by atoms with Gasteiger partial charge in [-0.3, -0.25) is 4.90 Å². The van der Waals surface area contributed by atoms with Crippen LogP contribution in [0.5, 0.6) is 5.75 Å². The lowest BCUT2D eigenvalue weighted by Crippen LogP contribution is -2.52. The number of hydrogen-bond acceptors (Lipinski definition) is 4. The van der Waals surface area contributed by atoms with Gasteiger partial charge in [0.2, 0.25) is 0 Å². The largest absolute Gasteiger partial charge is 0.435 e. The van der Waals surface area contributed by atoms with E-state index in [1.54, 1.807) is 12.1 Å². The topological polar surface area (TPSA) is 41.7 Å². The van der Waals surface area contributed by atoms with Crippen LogP contribution >= 0.6 is 0 Å². The summed E-state index contributed by atoms with van der Waals surface area (Å²) in [6.07, 6.45) is 0. The van der Waals surface area contributed by atoms with Crippen molar-refractivity contribution in [1.82, 2.24) is 9.80 Å². The predicted molar refractivity (Wildman–Crippen MR) is 78.5 cm³/mol. The Balaban J connectivity index is 2.10. The molecule has 0 saturated carbocycles. The molecule has 118 valence electrons.